The quantitative estimate of drug-likeness (QED) is 0.922. The van der Waals surface area contributed by atoms with Gasteiger partial charge in [0.15, 0.2) is 5.82 Å². The van der Waals surface area contributed by atoms with Gasteiger partial charge in [0, 0.05) is 11.5 Å². The fourth-order valence-electron chi connectivity index (χ4n) is 3.01. The summed E-state index contributed by atoms with van der Waals surface area (Å²) < 4.78 is 1.29. The van der Waals surface area contributed by atoms with E-state index in [1.807, 2.05) is 25.1 Å². The fourth-order valence-corrected chi connectivity index (χ4v) is 3.01. The van der Waals surface area contributed by atoms with E-state index in [9.17, 15) is 4.79 Å². The van der Waals surface area contributed by atoms with Crippen LogP contribution in [0.3, 0.4) is 0 Å². The van der Waals surface area contributed by atoms with E-state index in [2.05, 4.69) is 17.0 Å². The Balaban J connectivity index is 1.89. The Labute approximate surface area is 130 Å². The van der Waals surface area contributed by atoms with Crippen LogP contribution in [0, 0.1) is 19.8 Å². The summed E-state index contributed by atoms with van der Waals surface area (Å²) >= 11 is 0. The number of anilines is 1. The van der Waals surface area contributed by atoms with E-state index >= 15 is 0 Å². The van der Waals surface area contributed by atoms with E-state index in [0.29, 0.717) is 5.82 Å². The average molecular weight is 298 g/mol. The Morgan fingerprint density at radius 1 is 1.18 bits per heavy atom. The number of nitrogen functional groups attached to an aromatic ring is 1. The van der Waals surface area contributed by atoms with Crippen molar-refractivity contribution in [3.05, 3.63) is 29.3 Å². The molecule has 116 valence electrons. The van der Waals surface area contributed by atoms with Crippen LogP contribution in [0.4, 0.5) is 5.95 Å². The number of aryl methyl sites for hydroxylation is 2. The van der Waals surface area contributed by atoms with Crippen LogP contribution in [0.5, 0.6) is 0 Å². The zero-order chi connectivity index (χ0) is 15.7. The predicted molar refractivity (Wildman–Crippen MR) is 86.5 cm³/mol. The summed E-state index contributed by atoms with van der Waals surface area (Å²) in [5.41, 5.74) is 9.21. The summed E-state index contributed by atoms with van der Waals surface area (Å²) in [6.07, 6.45) is 5.28. The molecule has 3 rings (SSSR count). The van der Waals surface area contributed by atoms with E-state index in [-0.39, 0.29) is 17.8 Å². The number of hydrogen-bond acceptors (Lipinski definition) is 4. The minimum absolute atomic E-state index is 0.0141. The van der Waals surface area contributed by atoms with Gasteiger partial charge in [-0.2, -0.15) is 9.67 Å². The lowest BCUT2D eigenvalue weighted by molar-refractivity contribution is 0.0788. The van der Waals surface area contributed by atoms with E-state index in [1.165, 1.54) is 22.2 Å². The first-order valence-electron chi connectivity index (χ1n) is 7.90. The molecule has 0 spiro atoms. The van der Waals surface area contributed by atoms with Gasteiger partial charge in [0.1, 0.15) is 0 Å². The zero-order valence-corrected chi connectivity index (χ0v) is 13.2. The van der Waals surface area contributed by atoms with Crippen LogP contribution in [0.2, 0.25) is 0 Å². The topological polar surface area (TPSA) is 73.8 Å². The molecule has 1 saturated carbocycles. The van der Waals surface area contributed by atoms with Crippen LogP contribution in [-0.2, 0) is 0 Å². The summed E-state index contributed by atoms with van der Waals surface area (Å²) in [5, 5.41) is 4.36. The van der Waals surface area contributed by atoms with Crippen molar-refractivity contribution in [2.45, 2.75) is 46.0 Å². The minimum Gasteiger partial charge on any atom is -0.368 e. The van der Waals surface area contributed by atoms with Gasteiger partial charge in [-0.15, -0.1) is 5.10 Å². The molecule has 0 aliphatic heterocycles. The number of carbonyl (C=O) groups is 1. The highest BCUT2D eigenvalue weighted by Crippen LogP contribution is 2.26. The van der Waals surface area contributed by atoms with E-state index < -0.39 is 0 Å². The Morgan fingerprint density at radius 3 is 2.59 bits per heavy atom. The first-order chi connectivity index (χ1) is 10.6. The standard InChI is InChI=1S/C17H22N4O/c1-11-8-9-14(10-12(11)2)15-19-17(18)21(20-15)16(22)13-6-4-3-5-7-13/h8-10,13H,3-7H2,1-2H3,(H2,18,19,20). The van der Waals surface area contributed by atoms with Gasteiger partial charge in [-0.25, -0.2) is 0 Å². The number of nitrogens with zero attached hydrogens (tertiary/aromatic N) is 3. The smallest absolute Gasteiger partial charge is 0.253 e. The van der Waals surface area contributed by atoms with Gasteiger partial charge < -0.3 is 5.73 Å². The number of hydrogen-bond donors (Lipinski definition) is 1. The molecule has 1 heterocycles. The third-order valence-electron chi connectivity index (χ3n) is 4.56. The molecule has 5 heteroatoms. The van der Waals surface area contributed by atoms with Crippen LogP contribution in [0.1, 0.15) is 48.0 Å². The molecule has 1 fully saturated rings. The zero-order valence-electron chi connectivity index (χ0n) is 13.2. The van der Waals surface area contributed by atoms with Crippen molar-refractivity contribution in [2.24, 2.45) is 5.92 Å². The Morgan fingerprint density at radius 2 is 1.91 bits per heavy atom. The molecule has 0 atom stereocenters. The maximum Gasteiger partial charge on any atom is 0.253 e. The van der Waals surface area contributed by atoms with Crippen molar-refractivity contribution in [3.8, 4) is 11.4 Å². The average Bonchev–Trinajstić information content (AvgIpc) is 2.92. The largest absolute Gasteiger partial charge is 0.368 e. The van der Waals surface area contributed by atoms with Gasteiger partial charge in [0.2, 0.25) is 5.95 Å². The SMILES string of the molecule is Cc1ccc(-c2nc(N)n(C(=O)C3CCCCC3)n2)cc1C. The second-order valence-electron chi connectivity index (χ2n) is 6.18. The Hall–Kier alpha value is -2.17. The predicted octanol–water partition coefficient (Wildman–Crippen LogP) is 3.36. The lowest BCUT2D eigenvalue weighted by atomic mass is 9.89. The van der Waals surface area contributed by atoms with Gasteiger partial charge in [0.05, 0.1) is 0 Å². The van der Waals surface area contributed by atoms with Crippen LogP contribution in [0.15, 0.2) is 18.2 Å². The highest BCUT2D eigenvalue weighted by Gasteiger charge is 2.25. The Kier molecular flexibility index (Phi) is 3.96. The van der Waals surface area contributed by atoms with Crippen LogP contribution >= 0.6 is 0 Å². The second-order valence-corrected chi connectivity index (χ2v) is 6.18. The maximum absolute atomic E-state index is 12.6. The van der Waals surface area contributed by atoms with Gasteiger partial charge >= 0.3 is 0 Å². The number of benzene rings is 1. The molecule has 0 saturated heterocycles. The van der Waals surface area contributed by atoms with Crippen LogP contribution in [0.25, 0.3) is 11.4 Å². The highest BCUT2D eigenvalue weighted by molar-refractivity contribution is 5.83. The van der Waals surface area contributed by atoms with Gasteiger partial charge in [-0.3, -0.25) is 4.79 Å². The molecule has 2 N–H and O–H groups in total. The Bertz CT molecular complexity index is 699. The molecule has 1 aromatic carbocycles. The monoisotopic (exact) mass is 298 g/mol. The van der Waals surface area contributed by atoms with E-state index in [4.69, 9.17) is 5.73 Å². The van der Waals surface area contributed by atoms with E-state index in [1.54, 1.807) is 0 Å². The van der Waals surface area contributed by atoms with Crippen molar-refractivity contribution in [1.29, 1.82) is 0 Å². The molecule has 1 aliphatic rings. The first kappa shape index (κ1) is 14.8. The second kappa shape index (κ2) is 5.91. The van der Waals surface area contributed by atoms with Crippen LogP contribution < -0.4 is 5.73 Å². The van der Waals surface area contributed by atoms with Crippen molar-refractivity contribution in [3.63, 3.8) is 0 Å². The van der Waals surface area contributed by atoms with Gasteiger partial charge in [0.25, 0.3) is 5.91 Å². The lowest BCUT2D eigenvalue weighted by Gasteiger charge is -2.19. The summed E-state index contributed by atoms with van der Waals surface area (Å²) in [7, 11) is 0. The molecule has 22 heavy (non-hydrogen) atoms. The molecule has 0 amide bonds. The molecule has 0 radical (unpaired) electrons. The number of nitrogens with two attached hydrogens (primary N) is 1. The molecule has 0 bridgehead atoms. The fraction of sp³-hybridized carbons (Fsp3) is 0.471. The van der Waals surface area contributed by atoms with Gasteiger partial charge in [-0.05, 0) is 43.9 Å². The third-order valence-corrected chi connectivity index (χ3v) is 4.56. The number of rotatable bonds is 2. The van der Waals surface area contributed by atoms with Crippen molar-refractivity contribution < 1.29 is 4.79 Å². The highest BCUT2D eigenvalue weighted by atomic mass is 16.2. The van der Waals surface area contributed by atoms with Crippen molar-refractivity contribution in [2.75, 3.05) is 5.73 Å². The maximum atomic E-state index is 12.6. The number of aromatic nitrogens is 3. The summed E-state index contributed by atoms with van der Waals surface area (Å²) in [5.74, 6) is 0.721. The van der Waals surface area contributed by atoms with Crippen molar-refractivity contribution >= 4 is 11.9 Å². The first-order valence-corrected chi connectivity index (χ1v) is 7.90. The molecule has 2 aromatic rings. The summed E-state index contributed by atoms with van der Waals surface area (Å²) in [4.78, 5) is 16.8. The van der Waals surface area contributed by atoms with Crippen LogP contribution in [-0.4, -0.2) is 20.7 Å². The minimum atomic E-state index is -0.0141. The molecular weight excluding hydrogens is 276 g/mol. The molecule has 1 aliphatic carbocycles. The summed E-state index contributed by atoms with van der Waals surface area (Å²) in [6.45, 7) is 4.11. The van der Waals surface area contributed by atoms with Crippen molar-refractivity contribution in [1.82, 2.24) is 14.8 Å². The normalized spacial score (nSPS) is 15.9. The van der Waals surface area contributed by atoms with E-state index in [0.717, 1.165) is 31.2 Å². The lowest BCUT2D eigenvalue weighted by Crippen LogP contribution is -2.26. The molecular formula is C17H22N4O. The van der Waals surface area contributed by atoms with Gasteiger partial charge in [-0.1, -0.05) is 31.4 Å². The number of carbonyl (C=O) groups excluding carboxylic acids is 1. The molecule has 0 unspecified atom stereocenters. The molecule has 1 aromatic heterocycles. The summed E-state index contributed by atoms with van der Waals surface area (Å²) in [6, 6.07) is 6.02. The third kappa shape index (κ3) is 2.75. The molecule has 5 nitrogen and oxygen atoms in total.